The van der Waals surface area contributed by atoms with Crippen LogP contribution in [0, 0.1) is 5.92 Å². The van der Waals surface area contributed by atoms with Crippen molar-refractivity contribution in [3.8, 4) is 0 Å². The number of aliphatic hydroxyl groups excluding tert-OH is 1. The quantitative estimate of drug-likeness (QED) is 0.808. The summed E-state index contributed by atoms with van der Waals surface area (Å²) in [5, 5.41) is 15.2. The van der Waals surface area contributed by atoms with Gasteiger partial charge in [0.05, 0.1) is 18.8 Å². The largest absolute Gasteiger partial charge is 0.389 e. The second kappa shape index (κ2) is 8.00. The minimum atomic E-state index is -0.408. The topological polar surface area (TPSA) is 41.5 Å². The lowest BCUT2D eigenvalue weighted by atomic mass is 9.88. The van der Waals surface area contributed by atoms with Gasteiger partial charge in [-0.3, -0.25) is 0 Å². The van der Waals surface area contributed by atoms with Gasteiger partial charge in [0.2, 0.25) is 0 Å². The van der Waals surface area contributed by atoms with Crippen molar-refractivity contribution < 1.29 is 9.84 Å². The molecule has 3 nitrogen and oxygen atoms in total. The van der Waals surface area contributed by atoms with Crippen molar-refractivity contribution in [3.05, 3.63) is 22.4 Å². The van der Waals surface area contributed by atoms with E-state index in [1.807, 2.05) is 6.07 Å². The lowest BCUT2D eigenvalue weighted by molar-refractivity contribution is -0.0451. The van der Waals surface area contributed by atoms with E-state index >= 15 is 0 Å². The number of rotatable bonds is 7. The summed E-state index contributed by atoms with van der Waals surface area (Å²) in [5.41, 5.74) is 0. The van der Waals surface area contributed by atoms with Crippen LogP contribution >= 0.6 is 11.3 Å². The Morgan fingerprint density at radius 3 is 3.05 bits per heavy atom. The molecule has 4 heteroatoms. The van der Waals surface area contributed by atoms with E-state index in [9.17, 15) is 5.11 Å². The summed E-state index contributed by atoms with van der Waals surface area (Å²) in [6.45, 7) is 4.13. The number of thiophene rings is 1. The Labute approximate surface area is 120 Å². The molecule has 0 bridgehead atoms. The Morgan fingerprint density at radius 2 is 2.32 bits per heavy atom. The highest BCUT2D eigenvalue weighted by Crippen LogP contribution is 2.26. The molecule has 19 heavy (non-hydrogen) atoms. The van der Waals surface area contributed by atoms with Gasteiger partial charge in [-0.05, 0) is 30.2 Å². The molecule has 0 aromatic carbocycles. The number of nitrogens with one attached hydrogen (secondary N) is 1. The SMILES string of the molecule is CC1CCCCC1OCC(O)CNCc1cccs1. The highest BCUT2D eigenvalue weighted by atomic mass is 32.1. The first-order valence-electron chi connectivity index (χ1n) is 7.28. The lowest BCUT2D eigenvalue weighted by Gasteiger charge is -2.29. The molecule has 2 rings (SSSR count). The number of hydrogen-bond donors (Lipinski definition) is 2. The van der Waals surface area contributed by atoms with E-state index in [4.69, 9.17) is 4.74 Å². The fraction of sp³-hybridized carbons (Fsp3) is 0.733. The van der Waals surface area contributed by atoms with E-state index in [0.717, 1.165) is 13.0 Å². The van der Waals surface area contributed by atoms with Crippen LogP contribution in [0.1, 0.15) is 37.5 Å². The molecule has 0 aliphatic heterocycles. The predicted octanol–water partition coefficient (Wildman–Crippen LogP) is 2.79. The molecule has 1 saturated carbocycles. The van der Waals surface area contributed by atoms with Gasteiger partial charge in [0, 0.05) is 18.0 Å². The Balaban J connectivity index is 1.57. The molecule has 108 valence electrons. The van der Waals surface area contributed by atoms with Crippen LogP contribution in [0.25, 0.3) is 0 Å². The van der Waals surface area contributed by atoms with Crippen LogP contribution in [-0.2, 0) is 11.3 Å². The average Bonchev–Trinajstić information content (AvgIpc) is 2.91. The summed E-state index contributed by atoms with van der Waals surface area (Å²) >= 11 is 1.74. The van der Waals surface area contributed by atoms with E-state index in [-0.39, 0.29) is 0 Å². The van der Waals surface area contributed by atoms with Gasteiger partial charge in [-0.25, -0.2) is 0 Å². The molecule has 3 atom stereocenters. The first kappa shape index (κ1) is 15.0. The van der Waals surface area contributed by atoms with Crippen molar-refractivity contribution in [1.29, 1.82) is 0 Å². The molecule has 1 aromatic rings. The minimum Gasteiger partial charge on any atom is -0.389 e. The molecule has 0 radical (unpaired) electrons. The summed E-state index contributed by atoms with van der Waals surface area (Å²) < 4.78 is 5.86. The molecule has 1 aliphatic rings. The summed E-state index contributed by atoms with van der Waals surface area (Å²) in [4.78, 5) is 1.30. The summed E-state index contributed by atoms with van der Waals surface area (Å²) in [7, 11) is 0. The van der Waals surface area contributed by atoms with Gasteiger partial charge in [0.25, 0.3) is 0 Å². The Morgan fingerprint density at radius 1 is 1.47 bits per heavy atom. The van der Waals surface area contributed by atoms with Crippen LogP contribution in [0.5, 0.6) is 0 Å². The lowest BCUT2D eigenvalue weighted by Crippen LogP contribution is -2.34. The van der Waals surface area contributed by atoms with E-state index in [0.29, 0.717) is 25.2 Å². The summed E-state index contributed by atoms with van der Waals surface area (Å²) in [5.74, 6) is 0.639. The fourth-order valence-electron chi connectivity index (χ4n) is 2.60. The average molecular weight is 283 g/mol. The van der Waals surface area contributed by atoms with E-state index in [1.54, 1.807) is 11.3 Å². The molecule has 1 fully saturated rings. The third kappa shape index (κ3) is 5.22. The molecule has 0 spiro atoms. The zero-order chi connectivity index (χ0) is 13.5. The molecule has 2 N–H and O–H groups in total. The van der Waals surface area contributed by atoms with Crippen LogP contribution in [0.15, 0.2) is 17.5 Å². The molecular weight excluding hydrogens is 258 g/mol. The normalized spacial score (nSPS) is 25.4. The van der Waals surface area contributed by atoms with Gasteiger partial charge in [0.1, 0.15) is 0 Å². The Hall–Kier alpha value is -0.420. The monoisotopic (exact) mass is 283 g/mol. The van der Waals surface area contributed by atoms with Gasteiger partial charge in [-0.2, -0.15) is 0 Å². The van der Waals surface area contributed by atoms with E-state index in [2.05, 4.69) is 23.7 Å². The van der Waals surface area contributed by atoms with Gasteiger partial charge in [-0.1, -0.05) is 25.8 Å². The smallest absolute Gasteiger partial charge is 0.0897 e. The third-order valence-corrected chi connectivity index (χ3v) is 4.67. The van der Waals surface area contributed by atoms with Gasteiger partial charge in [0.15, 0.2) is 0 Å². The minimum absolute atomic E-state index is 0.348. The molecular formula is C15H25NO2S. The molecule has 1 heterocycles. The number of aliphatic hydroxyl groups is 1. The molecule has 1 aliphatic carbocycles. The van der Waals surface area contributed by atoms with Gasteiger partial charge < -0.3 is 15.2 Å². The summed E-state index contributed by atoms with van der Waals surface area (Å²) in [6, 6.07) is 4.15. The van der Waals surface area contributed by atoms with Crippen molar-refractivity contribution in [2.75, 3.05) is 13.2 Å². The van der Waals surface area contributed by atoms with E-state index in [1.165, 1.54) is 24.1 Å². The van der Waals surface area contributed by atoms with Gasteiger partial charge >= 0.3 is 0 Å². The first-order chi connectivity index (χ1) is 9.25. The zero-order valence-corrected chi connectivity index (χ0v) is 12.5. The number of ether oxygens (including phenoxy) is 1. The number of hydrogen-bond acceptors (Lipinski definition) is 4. The van der Waals surface area contributed by atoms with Gasteiger partial charge in [-0.15, -0.1) is 11.3 Å². The first-order valence-corrected chi connectivity index (χ1v) is 8.16. The third-order valence-electron chi connectivity index (χ3n) is 3.79. The van der Waals surface area contributed by atoms with Crippen LogP contribution in [0.2, 0.25) is 0 Å². The second-order valence-corrected chi connectivity index (χ2v) is 6.53. The van der Waals surface area contributed by atoms with Crippen molar-refractivity contribution in [3.63, 3.8) is 0 Å². The molecule has 0 amide bonds. The van der Waals surface area contributed by atoms with E-state index < -0.39 is 6.10 Å². The molecule has 1 aromatic heterocycles. The standard InChI is InChI=1S/C15H25NO2S/c1-12-5-2-3-7-15(12)18-11-13(17)9-16-10-14-6-4-8-19-14/h4,6,8,12-13,15-17H,2-3,5,7,9-11H2,1H3. The van der Waals surface area contributed by atoms with Crippen molar-refractivity contribution in [2.45, 2.75) is 51.4 Å². The maximum absolute atomic E-state index is 9.91. The maximum Gasteiger partial charge on any atom is 0.0897 e. The van der Waals surface area contributed by atoms with Crippen LogP contribution in [0.4, 0.5) is 0 Å². The molecule has 3 unspecified atom stereocenters. The fourth-order valence-corrected chi connectivity index (χ4v) is 3.27. The van der Waals surface area contributed by atoms with Crippen LogP contribution in [0.3, 0.4) is 0 Å². The van der Waals surface area contributed by atoms with Crippen LogP contribution in [-0.4, -0.2) is 30.5 Å². The predicted molar refractivity (Wildman–Crippen MR) is 79.4 cm³/mol. The highest BCUT2D eigenvalue weighted by molar-refractivity contribution is 7.09. The molecule has 0 saturated heterocycles. The zero-order valence-electron chi connectivity index (χ0n) is 11.7. The summed E-state index contributed by atoms with van der Waals surface area (Å²) in [6.07, 6.45) is 4.94. The highest BCUT2D eigenvalue weighted by Gasteiger charge is 2.22. The Bertz CT molecular complexity index is 342. The second-order valence-electron chi connectivity index (χ2n) is 5.50. The van der Waals surface area contributed by atoms with Crippen molar-refractivity contribution in [1.82, 2.24) is 5.32 Å². The van der Waals surface area contributed by atoms with Crippen molar-refractivity contribution >= 4 is 11.3 Å². The maximum atomic E-state index is 9.91. The van der Waals surface area contributed by atoms with Crippen LogP contribution < -0.4 is 5.32 Å². The Kier molecular flexibility index (Phi) is 6.31. The van der Waals surface area contributed by atoms with Crippen molar-refractivity contribution in [2.24, 2.45) is 5.92 Å².